The predicted molar refractivity (Wildman–Crippen MR) is 277 cm³/mol. The highest BCUT2D eigenvalue weighted by Crippen LogP contribution is 2.68. The number of aromatic nitrogens is 3. The van der Waals surface area contributed by atoms with Crippen molar-refractivity contribution in [1.82, 2.24) is 15.0 Å². The third-order valence-electron chi connectivity index (χ3n) is 15.2. The van der Waals surface area contributed by atoms with Crippen molar-refractivity contribution in [2.75, 3.05) is 0 Å². The zero-order valence-electron chi connectivity index (χ0n) is 37.3. The summed E-state index contributed by atoms with van der Waals surface area (Å²) in [4.78, 5) is 15.0. The number of rotatable bonds is 4. The number of nitrogens with zero attached hydrogens (tertiary/aromatic N) is 3. The Morgan fingerprint density at radius 3 is 1.22 bits per heavy atom. The predicted octanol–water partition coefficient (Wildman–Crippen LogP) is 15.5. The van der Waals surface area contributed by atoms with Gasteiger partial charge in [0.25, 0.3) is 0 Å². The third-order valence-corrected chi connectivity index (χ3v) is 15.2. The van der Waals surface area contributed by atoms with Gasteiger partial charge in [-0.2, -0.15) is 0 Å². The molecule has 320 valence electrons. The molecule has 2 heterocycles. The van der Waals surface area contributed by atoms with Gasteiger partial charge < -0.3 is 4.42 Å². The van der Waals surface area contributed by atoms with Crippen molar-refractivity contribution >= 4 is 21.9 Å². The zero-order valence-corrected chi connectivity index (χ0v) is 37.3. The highest BCUT2D eigenvalue weighted by atomic mass is 16.3. The van der Waals surface area contributed by atoms with E-state index in [1.54, 1.807) is 0 Å². The van der Waals surface area contributed by atoms with E-state index < -0.39 is 10.8 Å². The van der Waals surface area contributed by atoms with Crippen molar-refractivity contribution in [3.05, 3.63) is 281 Å². The second-order valence-corrected chi connectivity index (χ2v) is 18.6. The summed E-state index contributed by atoms with van der Waals surface area (Å²) < 4.78 is 6.69. The van der Waals surface area contributed by atoms with Crippen LogP contribution >= 0.6 is 0 Å². The molecule has 4 heteroatoms. The quantitative estimate of drug-likeness (QED) is 0.177. The molecule has 0 bridgehead atoms. The molecule has 0 saturated carbocycles. The first kappa shape index (κ1) is 38.1. The largest absolute Gasteiger partial charge is 0.456 e. The second kappa shape index (κ2) is 14.3. The molecule has 3 aliphatic rings. The molecule has 69 heavy (non-hydrogen) atoms. The number of hydrogen-bond acceptors (Lipinski definition) is 4. The molecule has 0 fully saturated rings. The van der Waals surface area contributed by atoms with Gasteiger partial charge in [0.05, 0.1) is 10.8 Å². The van der Waals surface area contributed by atoms with Crippen LogP contribution in [-0.2, 0) is 10.8 Å². The summed E-state index contributed by atoms with van der Waals surface area (Å²) in [5, 5.41) is 2.25. The summed E-state index contributed by atoms with van der Waals surface area (Å²) in [5.41, 5.74) is 21.2. The van der Waals surface area contributed by atoms with Crippen molar-refractivity contribution in [2.45, 2.75) is 10.8 Å². The molecular formula is C65H39N3O. The summed E-state index contributed by atoms with van der Waals surface area (Å²) in [6.07, 6.45) is 0. The van der Waals surface area contributed by atoms with Crippen molar-refractivity contribution < 1.29 is 4.42 Å². The van der Waals surface area contributed by atoms with Crippen LogP contribution in [0.25, 0.3) is 89.5 Å². The minimum Gasteiger partial charge on any atom is -0.456 e. The minimum atomic E-state index is -0.629. The molecule has 2 aromatic heterocycles. The molecule has 4 nitrogen and oxygen atoms in total. The summed E-state index contributed by atoms with van der Waals surface area (Å²) in [6.45, 7) is 0. The monoisotopic (exact) mass is 877 g/mol. The molecule has 0 saturated heterocycles. The van der Waals surface area contributed by atoms with E-state index in [0.717, 1.165) is 49.8 Å². The van der Waals surface area contributed by atoms with E-state index >= 15 is 0 Å². The highest BCUT2D eigenvalue weighted by Gasteiger charge is 2.59. The average molecular weight is 878 g/mol. The van der Waals surface area contributed by atoms with Crippen LogP contribution in [0.1, 0.15) is 44.5 Å². The molecule has 0 atom stereocenters. The van der Waals surface area contributed by atoms with Gasteiger partial charge in [0.15, 0.2) is 17.5 Å². The standard InChI is InChI=1S/C65H39N3O/c1-3-17-41(18-4-1)61-66-62(42-19-5-2-6-20-42)68-63(67-61)43-33-31-40(32-34-43)44-35-36-53-48(37-44)49-39-60-50(47-23-9-16-30-59(47)69-60)38-58(49)65(53)56-28-14-12-26-54(56)64(55-27-13-15-29-57(55)65)51-24-10-7-21-45(51)46-22-8-11-25-52(46)64/h1-39H. The van der Waals surface area contributed by atoms with Crippen LogP contribution in [0.2, 0.25) is 0 Å². The Hall–Kier alpha value is -8.99. The van der Waals surface area contributed by atoms with Gasteiger partial charge in [-0.15, -0.1) is 0 Å². The van der Waals surface area contributed by atoms with Gasteiger partial charge in [0.1, 0.15) is 11.2 Å². The Morgan fingerprint density at radius 2 is 0.652 bits per heavy atom. The van der Waals surface area contributed by atoms with E-state index in [1.165, 1.54) is 66.8 Å². The number of benzene rings is 10. The highest BCUT2D eigenvalue weighted by molar-refractivity contribution is 6.08. The Balaban J connectivity index is 0.949. The molecule has 0 radical (unpaired) electrons. The average Bonchev–Trinajstić information content (AvgIpc) is 4.04. The lowest BCUT2D eigenvalue weighted by molar-refractivity contribution is 0.633. The fraction of sp³-hybridized carbons (Fsp3) is 0.0308. The van der Waals surface area contributed by atoms with Crippen molar-refractivity contribution in [3.8, 4) is 67.5 Å². The number of furan rings is 1. The maximum Gasteiger partial charge on any atom is 0.164 e. The molecule has 0 N–H and O–H groups in total. The van der Waals surface area contributed by atoms with E-state index in [9.17, 15) is 0 Å². The van der Waals surface area contributed by atoms with Crippen LogP contribution in [0.4, 0.5) is 0 Å². The summed E-state index contributed by atoms with van der Waals surface area (Å²) in [7, 11) is 0. The summed E-state index contributed by atoms with van der Waals surface area (Å²) in [6, 6.07) is 86.0. The minimum absolute atomic E-state index is 0.509. The Labute approximate surface area is 398 Å². The maximum atomic E-state index is 6.69. The second-order valence-electron chi connectivity index (χ2n) is 18.6. The molecular weight excluding hydrogens is 839 g/mol. The lowest BCUT2D eigenvalue weighted by atomic mass is 9.52. The van der Waals surface area contributed by atoms with Crippen LogP contribution in [-0.4, -0.2) is 15.0 Å². The summed E-state index contributed by atoms with van der Waals surface area (Å²) in [5.74, 6) is 1.92. The normalized spacial score (nSPS) is 14.0. The molecule has 0 amide bonds. The zero-order chi connectivity index (χ0) is 45.3. The smallest absolute Gasteiger partial charge is 0.164 e. The van der Waals surface area contributed by atoms with Gasteiger partial charge in [-0.05, 0) is 102 Å². The van der Waals surface area contributed by atoms with Crippen molar-refractivity contribution in [3.63, 3.8) is 0 Å². The first-order valence-corrected chi connectivity index (χ1v) is 23.7. The Morgan fingerprint density at radius 1 is 0.246 bits per heavy atom. The van der Waals surface area contributed by atoms with E-state index in [1.807, 2.05) is 60.7 Å². The van der Waals surface area contributed by atoms with Gasteiger partial charge in [-0.1, -0.05) is 212 Å². The molecule has 15 rings (SSSR count). The lowest BCUT2D eigenvalue weighted by Gasteiger charge is -2.48. The van der Waals surface area contributed by atoms with Gasteiger partial charge in [-0.25, -0.2) is 15.0 Å². The Kier molecular flexibility index (Phi) is 7.88. The fourth-order valence-corrected chi connectivity index (χ4v) is 12.4. The molecule has 12 aromatic rings. The van der Waals surface area contributed by atoms with Gasteiger partial charge in [-0.3, -0.25) is 0 Å². The third kappa shape index (κ3) is 5.15. The fourth-order valence-electron chi connectivity index (χ4n) is 12.4. The molecule has 10 aromatic carbocycles. The molecule has 0 aliphatic heterocycles. The van der Waals surface area contributed by atoms with Crippen molar-refractivity contribution in [1.29, 1.82) is 0 Å². The number of fused-ring (bicyclic) bond motifs is 19. The van der Waals surface area contributed by atoms with Crippen LogP contribution in [0.15, 0.2) is 241 Å². The van der Waals surface area contributed by atoms with Crippen LogP contribution < -0.4 is 0 Å². The first-order chi connectivity index (χ1) is 34.2. The number of hydrogen-bond donors (Lipinski definition) is 0. The van der Waals surface area contributed by atoms with Crippen molar-refractivity contribution in [2.24, 2.45) is 0 Å². The SMILES string of the molecule is c1ccc(-c2nc(-c3ccccc3)nc(-c3ccc(-c4ccc5c(c4)-c4cc6oc7ccccc7c6cc4C54c5ccccc5C5(c6ccccc6-c6ccccc65)c5ccccc54)cc3)n2)cc1. The molecule has 2 spiro atoms. The van der Waals surface area contributed by atoms with Crippen LogP contribution in [0.3, 0.4) is 0 Å². The maximum absolute atomic E-state index is 6.69. The molecule has 3 aliphatic carbocycles. The van der Waals surface area contributed by atoms with Gasteiger partial charge in [0, 0.05) is 27.5 Å². The van der Waals surface area contributed by atoms with Crippen LogP contribution in [0.5, 0.6) is 0 Å². The Bertz CT molecular complexity index is 3920. The first-order valence-electron chi connectivity index (χ1n) is 23.7. The number of para-hydroxylation sites is 1. The van der Waals surface area contributed by atoms with E-state index in [0.29, 0.717) is 17.5 Å². The summed E-state index contributed by atoms with van der Waals surface area (Å²) >= 11 is 0. The topological polar surface area (TPSA) is 51.8 Å². The van der Waals surface area contributed by atoms with Gasteiger partial charge >= 0.3 is 0 Å². The molecule has 0 unspecified atom stereocenters. The van der Waals surface area contributed by atoms with E-state index in [-0.39, 0.29) is 0 Å². The van der Waals surface area contributed by atoms with Gasteiger partial charge in [0.2, 0.25) is 0 Å². The van der Waals surface area contributed by atoms with Crippen LogP contribution in [0, 0.1) is 0 Å². The van der Waals surface area contributed by atoms with E-state index in [2.05, 4.69) is 176 Å². The lowest BCUT2D eigenvalue weighted by Crippen LogP contribution is -2.43. The van der Waals surface area contributed by atoms with E-state index in [4.69, 9.17) is 19.4 Å².